The van der Waals surface area contributed by atoms with E-state index in [9.17, 15) is 0 Å². The van der Waals surface area contributed by atoms with E-state index >= 15 is 0 Å². The fourth-order valence-corrected chi connectivity index (χ4v) is 2.47. The molecule has 0 spiro atoms. The third-order valence-corrected chi connectivity index (χ3v) is 3.25. The van der Waals surface area contributed by atoms with E-state index in [0.29, 0.717) is 6.10 Å². The molecule has 3 heteroatoms. The number of hydrogen-bond acceptors (Lipinski definition) is 3. The van der Waals surface area contributed by atoms with Crippen LogP contribution in [0.25, 0.3) is 0 Å². The van der Waals surface area contributed by atoms with Crippen molar-refractivity contribution in [2.75, 3.05) is 7.05 Å². The van der Waals surface area contributed by atoms with Crippen molar-refractivity contribution in [1.29, 1.82) is 0 Å². The Hall–Kier alpha value is -0.120. The summed E-state index contributed by atoms with van der Waals surface area (Å²) < 4.78 is 0. The molecule has 11 heavy (non-hydrogen) atoms. The maximum atomic E-state index is 5.18. The second-order valence-electron chi connectivity index (χ2n) is 3.78. The molecule has 2 N–H and O–H groups in total. The van der Waals surface area contributed by atoms with Gasteiger partial charge in [0, 0.05) is 12.1 Å². The Labute approximate surface area is 67.4 Å². The van der Waals surface area contributed by atoms with Crippen molar-refractivity contribution >= 4 is 0 Å². The van der Waals surface area contributed by atoms with Crippen LogP contribution in [-0.2, 0) is 4.84 Å². The molecule has 0 aromatic heterocycles. The number of fused-ring (bicyclic) bond motifs is 2. The van der Waals surface area contributed by atoms with Crippen molar-refractivity contribution in [2.45, 2.75) is 43.9 Å². The Morgan fingerprint density at radius 3 is 2.27 bits per heavy atom. The highest BCUT2D eigenvalue weighted by Gasteiger charge is 2.38. The minimum Gasteiger partial charge on any atom is -0.301 e. The van der Waals surface area contributed by atoms with E-state index in [4.69, 9.17) is 10.7 Å². The first-order valence-electron chi connectivity index (χ1n) is 4.38. The minimum absolute atomic E-state index is 0.323. The molecule has 0 aliphatic carbocycles. The molecule has 2 aliphatic heterocycles. The van der Waals surface area contributed by atoms with E-state index in [1.165, 1.54) is 12.8 Å². The summed E-state index contributed by atoms with van der Waals surface area (Å²) in [6, 6.07) is 1.48. The van der Waals surface area contributed by atoms with Gasteiger partial charge in [-0.05, 0) is 32.7 Å². The first-order chi connectivity index (χ1) is 5.31. The van der Waals surface area contributed by atoms with Gasteiger partial charge in [0.25, 0.3) is 0 Å². The van der Waals surface area contributed by atoms with Gasteiger partial charge in [0.05, 0.1) is 6.10 Å². The lowest BCUT2D eigenvalue weighted by atomic mass is 10.0. The molecule has 2 heterocycles. The van der Waals surface area contributed by atoms with Gasteiger partial charge < -0.3 is 9.74 Å². The molecule has 1 unspecified atom stereocenters. The first kappa shape index (κ1) is 7.53. The van der Waals surface area contributed by atoms with E-state index in [1.807, 2.05) is 0 Å². The number of hydrogen-bond donors (Lipinski definition) is 1. The summed E-state index contributed by atoms with van der Waals surface area (Å²) in [6.07, 6.45) is 5.25. The molecule has 2 bridgehead atoms. The van der Waals surface area contributed by atoms with Crippen LogP contribution < -0.4 is 5.90 Å². The van der Waals surface area contributed by atoms with E-state index in [-0.39, 0.29) is 0 Å². The van der Waals surface area contributed by atoms with E-state index < -0.39 is 0 Å². The molecule has 64 valence electrons. The summed E-state index contributed by atoms with van der Waals surface area (Å²) in [7, 11) is 2.22. The highest BCUT2D eigenvalue weighted by atomic mass is 16.6. The maximum Gasteiger partial charge on any atom is 0.0817 e. The maximum absolute atomic E-state index is 5.18. The van der Waals surface area contributed by atoms with Crippen LogP contribution in [0.1, 0.15) is 25.7 Å². The van der Waals surface area contributed by atoms with Gasteiger partial charge in [-0.15, -0.1) is 0 Å². The molecule has 0 aromatic carbocycles. The fraction of sp³-hybridized carbons (Fsp3) is 1.00. The van der Waals surface area contributed by atoms with Crippen LogP contribution in [0.2, 0.25) is 0 Å². The standard InChI is InChI=1S/C8H16N2O/c1-10-6-2-3-7(10)5-8(4-6)11-9/h6-8H,2-5,9H2,1H3/t6-,7+,8?. The van der Waals surface area contributed by atoms with Gasteiger partial charge >= 0.3 is 0 Å². The SMILES string of the molecule is CN1[C@@H]2CC[C@H]1CC(ON)C2. The van der Waals surface area contributed by atoms with Crippen molar-refractivity contribution in [3.05, 3.63) is 0 Å². The zero-order valence-electron chi connectivity index (χ0n) is 6.99. The van der Waals surface area contributed by atoms with Crippen molar-refractivity contribution in [1.82, 2.24) is 4.90 Å². The van der Waals surface area contributed by atoms with Gasteiger partial charge in [0.15, 0.2) is 0 Å². The highest BCUT2D eigenvalue weighted by Crippen LogP contribution is 2.34. The molecule has 3 atom stereocenters. The number of nitrogens with two attached hydrogens (primary N) is 1. The molecular formula is C8H16N2O. The van der Waals surface area contributed by atoms with Crippen LogP contribution in [0.3, 0.4) is 0 Å². The average molecular weight is 156 g/mol. The number of piperidine rings is 1. The lowest BCUT2D eigenvalue weighted by Gasteiger charge is -2.34. The smallest absolute Gasteiger partial charge is 0.0817 e. The lowest BCUT2D eigenvalue weighted by Crippen LogP contribution is -2.43. The summed E-state index contributed by atoms with van der Waals surface area (Å²) in [5.74, 6) is 5.18. The molecule has 0 amide bonds. The lowest BCUT2D eigenvalue weighted by molar-refractivity contribution is -0.0134. The van der Waals surface area contributed by atoms with Crippen LogP contribution in [0, 0.1) is 0 Å². The Morgan fingerprint density at radius 2 is 1.82 bits per heavy atom. The highest BCUT2D eigenvalue weighted by molar-refractivity contribution is 4.93. The first-order valence-corrected chi connectivity index (χ1v) is 4.38. The quantitative estimate of drug-likeness (QED) is 0.562. The van der Waals surface area contributed by atoms with Gasteiger partial charge in [0.2, 0.25) is 0 Å². The second kappa shape index (κ2) is 2.73. The van der Waals surface area contributed by atoms with Crippen molar-refractivity contribution in [2.24, 2.45) is 5.90 Å². The summed E-state index contributed by atoms with van der Waals surface area (Å²) >= 11 is 0. The molecule has 0 aromatic rings. The third-order valence-electron chi connectivity index (χ3n) is 3.25. The molecular weight excluding hydrogens is 140 g/mol. The van der Waals surface area contributed by atoms with Gasteiger partial charge in [-0.3, -0.25) is 0 Å². The Bertz CT molecular complexity index is 137. The predicted molar refractivity (Wildman–Crippen MR) is 42.9 cm³/mol. The van der Waals surface area contributed by atoms with Crippen molar-refractivity contribution < 1.29 is 4.84 Å². The van der Waals surface area contributed by atoms with Crippen LogP contribution in [-0.4, -0.2) is 30.1 Å². The second-order valence-corrected chi connectivity index (χ2v) is 3.78. The van der Waals surface area contributed by atoms with Crippen LogP contribution in [0.15, 0.2) is 0 Å². The molecule has 2 fully saturated rings. The number of rotatable bonds is 1. The van der Waals surface area contributed by atoms with E-state index in [1.54, 1.807) is 0 Å². The summed E-state index contributed by atoms with van der Waals surface area (Å²) in [5, 5.41) is 0. The van der Waals surface area contributed by atoms with Gasteiger partial charge in [-0.2, -0.15) is 0 Å². The summed E-state index contributed by atoms with van der Waals surface area (Å²) in [5.41, 5.74) is 0. The molecule has 0 radical (unpaired) electrons. The third kappa shape index (κ3) is 1.17. The number of nitrogens with zero attached hydrogens (tertiary/aromatic N) is 1. The fourth-order valence-electron chi connectivity index (χ4n) is 2.47. The van der Waals surface area contributed by atoms with E-state index in [0.717, 1.165) is 24.9 Å². The molecule has 3 nitrogen and oxygen atoms in total. The Balaban J connectivity index is 2.02. The molecule has 2 rings (SSSR count). The predicted octanol–water partition coefficient (Wildman–Crippen LogP) is 0.502. The Kier molecular flexibility index (Phi) is 1.87. The van der Waals surface area contributed by atoms with Gasteiger partial charge in [0.1, 0.15) is 0 Å². The minimum atomic E-state index is 0.323. The zero-order chi connectivity index (χ0) is 7.84. The summed E-state index contributed by atoms with van der Waals surface area (Å²) in [4.78, 5) is 7.38. The topological polar surface area (TPSA) is 38.5 Å². The van der Waals surface area contributed by atoms with Crippen molar-refractivity contribution in [3.8, 4) is 0 Å². The van der Waals surface area contributed by atoms with Crippen LogP contribution in [0.4, 0.5) is 0 Å². The molecule has 2 aliphatic rings. The average Bonchev–Trinajstić information content (AvgIpc) is 2.26. The van der Waals surface area contributed by atoms with Crippen LogP contribution in [0.5, 0.6) is 0 Å². The van der Waals surface area contributed by atoms with Crippen molar-refractivity contribution in [3.63, 3.8) is 0 Å². The van der Waals surface area contributed by atoms with Gasteiger partial charge in [-0.25, -0.2) is 5.90 Å². The summed E-state index contributed by atoms with van der Waals surface area (Å²) in [6.45, 7) is 0. The molecule has 0 saturated carbocycles. The normalized spacial score (nSPS) is 44.7. The largest absolute Gasteiger partial charge is 0.301 e. The zero-order valence-corrected chi connectivity index (χ0v) is 6.99. The van der Waals surface area contributed by atoms with Gasteiger partial charge in [-0.1, -0.05) is 0 Å². The monoisotopic (exact) mass is 156 g/mol. The Morgan fingerprint density at radius 1 is 1.27 bits per heavy atom. The molecule has 2 saturated heterocycles. The van der Waals surface area contributed by atoms with E-state index in [2.05, 4.69) is 11.9 Å². The van der Waals surface area contributed by atoms with Crippen LogP contribution >= 0.6 is 0 Å².